The summed E-state index contributed by atoms with van der Waals surface area (Å²) in [5, 5.41) is 19.0. The maximum Gasteiger partial charge on any atom is 0.336 e. The van der Waals surface area contributed by atoms with E-state index < -0.39 is 5.63 Å². The Morgan fingerprint density at radius 1 is 1.40 bits per heavy atom. The van der Waals surface area contributed by atoms with Crippen molar-refractivity contribution in [2.24, 2.45) is 0 Å². The molecular formula is C10H11BrO4. The van der Waals surface area contributed by atoms with E-state index in [0.717, 1.165) is 0 Å². The lowest BCUT2D eigenvalue weighted by Crippen LogP contribution is -2.33. The van der Waals surface area contributed by atoms with Gasteiger partial charge in [0.25, 0.3) is 0 Å². The molecule has 0 saturated carbocycles. The molecule has 0 amide bonds. The summed E-state index contributed by atoms with van der Waals surface area (Å²) in [4.78, 5) is 11.1. The van der Waals surface area contributed by atoms with Gasteiger partial charge in [0.15, 0.2) is 0 Å². The third-order valence-electron chi connectivity index (χ3n) is 1.84. The molecule has 0 unspecified atom stereocenters. The Bertz CT molecular complexity index is 489. The van der Waals surface area contributed by atoms with Crippen LogP contribution in [0.15, 0.2) is 15.3 Å². The Hall–Kier alpha value is -0.910. The van der Waals surface area contributed by atoms with Crippen LogP contribution in [0.25, 0.3) is 12.2 Å². The summed E-state index contributed by atoms with van der Waals surface area (Å²) in [7, 11) is 0. The highest BCUT2D eigenvalue weighted by Gasteiger charge is 1.99. The van der Waals surface area contributed by atoms with E-state index in [4.69, 9.17) is 14.6 Å². The summed E-state index contributed by atoms with van der Waals surface area (Å²) in [6.07, 6.45) is 3.14. The molecule has 0 radical (unpaired) electrons. The summed E-state index contributed by atoms with van der Waals surface area (Å²) in [6, 6.07) is 1.24. The van der Waals surface area contributed by atoms with Gasteiger partial charge in [0.1, 0.15) is 5.42 Å². The van der Waals surface area contributed by atoms with E-state index in [1.54, 1.807) is 6.08 Å². The van der Waals surface area contributed by atoms with Crippen molar-refractivity contribution in [2.45, 2.75) is 6.61 Å². The van der Waals surface area contributed by atoms with Crippen LogP contribution in [0, 0.1) is 0 Å². The predicted molar refractivity (Wildman–Crippen MR) is 60.0 cm³/mol. The van der Waals surface area contributed by atoms with Crippen LogP contribution in [0.2, 0.25) is 0 Å². The molecule has 0 aliphatic rings. The molecule has 0 aliphatic heterocycles. The highest BCUT2D eigenvalue weighted by atomic mass is 79.9. The van der Waals surface area contributed by atoms with E-state index in [1.165, 1.54) is 12.1 Å². The van der Waals surface area contributed by atoms with Crippen LogP contribution in [-0.2, 0) is 6.61 Å². The molecule has 1 heterocycles. The maximum atomic E-state index is 11.1. The lowest BCUT2D eigenvalue weighted by Gasteiger charge is -1.97. The van der Waals surface area contributed by atoms with Gasteiger partial charge in [-0.15, -0.1) is 0 Å². The number of rotatable bonds is 3. The minimum atomic E-state index is -0.537. The van der Waals surface area contributed by atoms with Crippen molar-refractivity contribution in [3.8, 4) is 0 Å². The fourth-order valence-electron chi connectivity index (χ4n) is 1.25. The first-order valence-corrected chi connectivity index (χ1v) is 5.46. The van der Waals surface area contributed by atoms with Crippen LogP contribution < -0.4 is 16.3 Å². The van der Waals surface area contributed by atoms with Gasteiger partial charge in [-0.05, 0) is 11.6 Å². The summed E-state index contributed by atoms with van der Waals surface area (Å²) >= 11 is 3.22. The third kappa shape index (κ3) is 3.02. The first kappa shape index (κ1) is 12.2. The van der Waals surface area contributed by atoms with Gasteiger partial charge in [-0.1, -0.05) is 22.0 Å². The van der Waals surface area contributed by atoms with Gasteiger partial charge in [0, 0.05) is 16.6 Å². The fraction of sp³-hybridized carbons (Fsp3) is 0.300. The first-order valence-electron chi connectivity index (χ1n) is 4.34. The second kappa shape index (κ2) is 5.85. The van der Waals surface area contributed by atoms with E-state index in [9.17, 15) is 4.79 Å². The van der Waals surface area contributed by atoms with Gasteiger partial charge in [0.2, 0.25) is 0 Å². The number of hydrogen-bond donors (Lipinski definition) is 2. The lowest BCUT2D eigenvalue weighted by molar-refractivity contribution is 0.278. The topological polar surface area (TPSA) is 70.7 Å². The quantitative estimate of drug-likeness (QED) is 0.700. The van der Waals surface area contributed by atoms with Gasteiger partial charge in [-0.3, -0.25) is 0 Å². The zero-order chi connectivity index (χ0) is 11.3. The first-order chi connectivity index (χ1) is 7.22. The van der Waals surface area contributed by atoms with Gasteiger partial charge in [0.05, 0.1) is 13.2 Å². The highest BCUT2D eigenvalue weighted by molar-refractivity contribution is 9.09. The molecule has 0 spiro atoms. The average Bonchev–Trinajstić information content (AvgIpc) is 2.22. The summed E-state index contributed by atoms with van der Waals surface area (Å²) in [5.41, 5.74) is 0.240. The molecule has 15 heavy (non-hydrogen) atoms. The van der Waals surface area contributed by atoms with Crippen molar-refractivity contribution in [1.82, 2.24) is 0 Å². The lowest BCUT2D eigenvalue weighted by atomic mass is 10.2. The average molecular weight is 275 g/mol. The Labute approximate surface area is 94.3 Å². The second-order valence-corrected chi connectivity index (χ2v) is 3.42. The Morgan fingerprint density at radius 2 is 2.13 bits per heavy atom. The molecular weight excluding hydrogens is 264 g/mol. The summed E-state index contributed by atoms with van der Waals surface area (Å²) in [6.45, 7) is -0.461. The molecule has 82 valence electrons. The van der Waals surface area contributed by atoms with Crippen LogP contribution in [-0.4, -0.2) is 22.2 Å². The molecule has 0 fully saturated rings. The maximum absolute atomic E-state index is 11.1. The Morgan fingerprint density at radius 3 is 2.67 bits per heavy atom. The highest BCUT2D eigenvalue weighted by Crippen LogP contribution is 1.85. The Kier molecular flexibility index (Phi) is 4.74. The molecule has 5 heteroatoms. The summed E-state index contributed by atoms with van der Waals surface area (Å²) in [5.74, 6) is 0. The van der Waals surface area contributed by atoms with Crippen molar-refractivity contribution >= 4 is 28.1 Å². The van der Waals surface area contributed by atoms with Crippen molar-refractivity contribution in [3.63, 3.8) is 0 Å². The normalized spacial score (nSPS) is 13.5. The van der Waals surface area contributed by atoms with E-state index in [0.29, 0.717) is 16.1 Å². The van der Waals surface area contributed by atoms with Gasteiger partial charge in [-0.2, -0.15) is 0 Å². The molecule has 2 N–H and O–H groups in total. The van der Waals surface area contributed by atoms with Crippen LogP contribution in [0.4, 0.5) is 0 Å². The van der Waals surface area contributed by atoms with E-state index in [2.05, 4.69) is 15.9 Å². The molecule has 1 rings (SSSR count). The standard InChI is InChI=1S/C10H11BrO4/c11-3-1-8-7(6-13)5-10(14)15-9(8)2-4-12/h1-2,5,12-13H,3-4,6H2/b8-1-,9-2+. The number of hydrogen-bond acceptors (Lipinski definition) is 4. The zero-order valence-corrected chi connectivity index (χ0v) is 9.53. The molecule has 0 bridgehead atoms. The van der Waals surface area contributed by atoms with Gasteiger partial charge < -0.3 is 14.6 Å². The number of halogens is 1. The molecule has 0 saturated heterocycles. The van der Waals surface area contributed by atoms with Crippen LogP contribution in [0.3, 0.4) is 0 Å². The van der Waals surface area contributed by atoms with Crippen molar-refractivity contribution in [2.75, 3.05) is 11.9 Å². The number of alkyl halides is 1. The smallest absolute Gasteiger partial charge is 0.336 e. The fourth-order valence-corrected chi connectivity index (χ4v) is 1.57. The van der Waals surface area contributed by atoms with Crippen molar-refractivity contribution in [1.29, 1.82) is 0 Å². The minimum absolute atomic E-state index is 0.221. The SMILES string of the molecule is O=c1cc(CO)c(=C/CBr)/c(=C\CO)o1. The molecule has 4 nitrogen and oxygen atoms in total. The minimum Gasteiger partial charge on any atom is -0.423 e. The van der Waals surface area contributed by atoms with Crippen LogP contribution in [0.1, 0.15) is 5.56 Å². The van der Waals surface area contributed by atoms with Crippen molar-refractivity contribution < 1.29 is 14.6 Å². The molecule has 0 aromatic carbocycles. The van der Waals surface area contributed by atoms with Crippen LogP contribution >= 0.6 is 15.9 Å². The van der Waals surface area contributed by atoms with Crippen molar-refractivity contribution in [3.05, 3.63) is 32.7 Å². The second-order valence-electron chi connectivity index (χ2n) is 2.77. The van der Waals surface area contributed by atoms with Gasteiger partial charge in [-0.25, -0.2) is 4.79 Å². The zero-order valence-electron chi connectivity index (χ0n) is 7.94. The van der Waals surface area contributed by atoms with E-state index in [1.807, 2.05) is 0 Å². The predicted octanol–water partition coefficient (Wildman–Crippen LogP) is -0.920. The monoisotopic (exact) mass is 274 g/mol. The number of aliphatic hydroxyl groups excluding tert-OH is 2. The van der Waals surface area contributed by atoms with E-state index >= 15 is 0 Å². The third-order valence-corrected chi connectivity index (χ3v) is 2.17. The Balaban J connectivity index is 3.63. The number of aliphatic hydroxyl groups is 2. The van der Waals surface area contributed by atoms with E-state index in [-0.39, 0.29) is 18.6 Å². The molecule has 0 atom stereocenters. The van der Waals surface area contributed by atoms with Gasteiger partial charge >= 0.3 is 5.63 Å². The molecule has 0 aliphatic carbocycles. The molecule has 1 aromatic rings. The largest absolute Gasteiger partial charge is 0.423 e. The van der Waals surface area contributed by atoms with Crippen LogP contribution in [0.5, 0.6) is 0 Å². The molecule has 1 aromatic heterocycles. The summed E-state index contributed by atoms with van der Waals surface area (Å²) < 4.78 is 4.91.